The van der Waals surface area contributed by atoms with E-state index in [9.17, 15) is 13.2 Å². The topological polar surface area (TPSA) is 112 Å². The molecule has 3 aromatic rings. The number of hydrogen-bond donors (Lipinski definition) is 2. The zero-order valence-electron chi connectivity index (χ0n) is 21.5. The molecule has 1 saturated heterocycles. The van der Waals surface area contributed by atoms with Crippen molar-refractivity contribution in [2.45, 2.75) is 13.8 Å². The highest BCUT2D eigenvalue weighted by Crippen LogP contribution is 2.35. The average Bonchev–Trinajstić information content (AvgIpc) is 2.88. The zero-order chi connectivity index (χ0) is 27.4. The van der Waals surface area contributed by atoms with Crippen molar-refractivity contribution in [3.05, 3.63) is 59.9 Å². The van der Waals surface area contributed by atoms with Crippen LogP contribution in [0.25, 0.3) is 22.3 Å². The van der Waals surface area contributed by atoms with Gasteiger partial charge in [-0.2, -0.15) is 0 Å². The van der Waals surface area contributed by atoms with Crippen molar-refractivity contribution in [1.29, 1.82) is 0 Å². The number of sulfonamides is 1. The number of halogens is 1. The van der Waals surface area contributed by atoms with Gasteiger partial charge in [0.1, 0.15) is 10.9 Å². The Morgan fingerprint density at radius 2 is 1.74 bits per heavy atom. The molecular formula is C27H31ClN4O5S. The van der Waals surface area contributed by atoms with Gasteiger partial charge >= 0.3 is 6.09 Å². The average molecular weight is 559 g/mol. The summed E-state index contributed by atoms with van der Waals surface area (Å²) in [4.78, 5) is 19.1. The highest BCUT2D eigenvalue weighted by Gasteiger charge is 2.21. The minimum Gasteiger partial charge on any atom is -0.497 e. The van der Waals surface area contributed by atoms with E-state index < -0.39 is 16.1 Å². The number of pyridine rings is 1. The number of aromatic nitrogens is 1. The number of ether oxygens (including phenoxy) is 1. The molecule has 0 aliphatic carbocycles. The molecule has 2 aromatic carbocycles. The first-order valence-corrected chi connectivity index (χ1v) is 14.3. The molecule has 2 heterocycles. The van der Waals surface area contributed by atoms with Gasteiger partial charge in [-0.1, -0.05) is 37.6 Å². The SMILES string of the molecule is COc1cc(NS(=O)(=O)CC(C)C)cc(-c2cc(-c3ccc(N4CCN(C(=O)O)CC4)cc3)cnc2Cl)c1. The van der Waals surface area contributed by atoms with Crippen molar-refractivity contribution < 1.29 is 23.1 Å². The number of hydrogen-bond acceptors (Lipinski definition) is 6. The van der Waals surface area contributed by atoms with Crippen molar-refractivity contribution in [3.63, 3.8) is 0 Å². The molecule has 0 spiro atoms. The lowest BCUT2D eigenvalue weighted by Gasteiger charge is -2.34. The van der Waals surface area contributed by atoms with Crippen LogP contribution in [0.5, 0.6) is 5.75 Å². The molecule has 1 aromatic heterocycles. The van der Waals surface area contributed by atoms with Crippen LogP contribution in [0.2, 0.25) is 5.15 Å². The first-order valence-electron chi connectivity index (χ1n) is 12.2. The van der Waals surface area contributed by atoms with Gasteiger partial charge in [0.2, 0.25) is 10.0 Å². The van der Waals surface area contributed by atoms with E-state index in [1.165, 1.54) is 12.0 Å². The van der Waals surface area contributed by atoms with Gasteiger partial charge in [0.15, 0.2) is 0 Å². The minimum absolute atomic E-state index is 0.00256. The number of carboxylic acid groups (broad SMARTS) is 1. The normalized spacial score (nSPS) is 14.0. The summed E-state index contributed by atoms with van der Waals surface area (Å²) in [6.45, 7) is 5.91. The molecule has 0 atom stereocenters. The van der Waals surface area contributed by atoms with Crippen molar-refractivity contribution in [2.24, 2.45) is 5.92 Å². The van der Waals surface area contributed by atoms with Gasteiger partial charge in [-0.25, -0.2) is 18.2 Å². The van der Waals surface area contributed by atoms with Gasteiger partial charge in [-0.05, 0) is 47.4 Å². The van der Waals surface area contributed by atoms with Crippen LogP contribution in [-0.2, 0) is 10.0 Å². The molecule has 0 bridgehead atoms. The number of nitrogens with one attached hydrogen (secondary N) is 1. The van der Waals surface area contributed by atoms with Gasteiger partial charge < -0.3 is 19.6 Å². The van der Waals surface area contributed by atoms with Crippen LogP contribution < -0.4 is 14.4 Å². The molecule has 1 aliphatic rings. The van der Waals surface area contributed by atoms with Gasteiger partial charge in [0.05, 0.1) is 18.6 Å². The summed E-state index contributed by atoms with van der Waals surface area (Å²) in [6, 6.07) is 15.0. The maximum Gasteiger partial charge on any atom is 0.407 e. The third kappa shape index (κ3) is 6.68. The molecule has 38 heavy (non-hydrogen) atoms. The Morgan fingerprint density at radius 1 is 1.05 bits per heavy atom. The standard InChI is InChI=1S/C27H31ClN4O5S/c1-18(2)17-38(35,36)30-22-12-20(13-24(15-22)37-3)25-14-21(16-29-26(25)28)19-4-6-23(7-5-19)31-8-10-32(11-9-31)27(33)34/h4-7,12-16,18,30H,8-11,17H2,1-3H3,(H,33,34). The Balaban J connectivity index is 1.59. The van der Waals surface area contributed by atoms with E-state index in [1.54, 1.807) is 24.4 Å². The predicted molar refractivity (Wildman–Crippen MR) is 151 cm³/mol. The number of piperazine rings is 1. The number of methoxy groups -OCH3 is 1. The van der Waals surface area contributed by atoms with E-state index in [2.05, 4.69) is 14.6 Å². The summed E-state index contributed by atoms with van der Waals surface area (Å²) in [5, 5.41) is 9.45. The summed E-state index contributed by atoms with van der Waals surface area (Å²) in [7, 11) is -2.01. The van der Waals surface area contributed by atoms with E-state index in [-0.39, 0.29) is 16.8 Å². The summed E-state index contributed by atoms with van der Waals surface area (Å²) in [5.74, 6) is 0.468. The van der Waals surface area contributed by atoms with E-state index in [0.29, 0.717) is 48.7 Å². The Kier molecular flexibility index (Phi) is 8.32. The quantitative estimate of drug-likeness (QED) is 0.362. The van der Waals surface area contributed by atoms with E-state index in [0.717, 1.165) is 16.8 Å². The van der Waals surface area contributed by atoms with Crippen molar-refractivity contribution >= 4 is 39.1 Å². The summed E-state index contributed by atoms with van der Waals surface area (Å²) in [5.41, 5.74) is 4.49. The summed E-state index contributed by atoms with van der Waals surface area (Å²) >= 11 is 6.49. The lowest BCUT2D eigenvalue weighted by Crippen LogP contribution is -2.48. The number of rotatable bonds is 8. The number of amides is 1. The number of carbonyl (C=O) groups is 1. The van der Waals surface area contributed by atoms with Crippen LogP contribution in [0.15, 0.2) is 54.7 Å². The molecule has 202 valence electrons. The lowest BCUT2D eigenvalue weighted by atomic mass is 10.0. The van der Waals surface area contributed by atoms with Crippen LogP contribution in [0, 0.1) is 5.92 Å². The maximum absolute atomic E-state index is 12.5. The second kappa shape index (κ2) is 11.5. The second-order valence-corrected chi connectivity index (χ2v) is 11.7. The highest BCUT2D eigenvalue weighted by atomic mass is 35.5. The van der Waals surface area contributed by atoms with Crippen molar-refractivity contribution in [3.8, 4) is 28.0 Å². The number of benzene rings is 2. The van der Waals surface area contributed by atoms with Crippen molar-refractivity contribution in [2.75, 3.05) is 48.7 Å². The van der Waals surface area contributed by atoms with Crippen LogP contribution >= 0.6 is 11.6 Å². The molecule has 1 aliphatic heterocycles. The monoisotopic (exact) mass is 558 g/mol. The van der Waals surface area contributed by atoms with Crippen LogP contribution in [0.3, 0.4) is 0 Å². The number of anilines is 2. The predicted octanol–water partition coefficient (Wildman–Crippen LogP) is 5.28. The first kappa shape index (κ1) is 27.5. The van der Waals surface area contributed by atoms with E-state index in [1.807, 2.05) is 44.2 Å². The third-order valence-electron chi connectivity index (χ3n) is 6.23. The zero-order valence-corrected chi connectivity index (χ0v) is 23.1. The van der Waals surface area contributed by atoms with E-state index >= 15 is 0 Å². The molecule has 2 N–H and O–H groups in total. The lowest BCUT2D eigenvalue weighted by molar-refractivity contribution is 0.142. The van der Waals surface area contributed by atoms with Crippen molar-refractivity contribution in [1.82, 2.24) is 9.88 Å². The Labute approximate surface area is 228 Å². The molecule has 0 saturated carbocycles. The molecular weight excluding hydrogens is 528 g/mol. The van der Waals surface area contributed by atoms with Gasteiger partial charge in [0.25, 0.3) is 0 Å². The Morgan fingerprint density at radius 3 is 2.34 bits per heavy atom. The molecule has 0 unspecified atom stereocenters. The molecule has 9 nitrogen and oxygen atoms in total. The highest BCUT2D eigenvalue weighted by molar-refractivity contribution is 7.92. The maximum atomic E-state index is 12.5. The van der Waals surface area contributed by atoms with Crippen LogP contribution in [-0.4, -0.2) is 68.5 Å². The smallest absolute Gasteiger partial charge is 0.407 e. The fourth-order valence-electron chi connectivity index (χ4n) is 4.42. The second-order valence-electron chi connectivity index (χ2n) is 9.59. The first-order chi connectivity index (χ1) is 18.0. The fourth-order valence-corrected chi connectivity index (χ4v) is 6.07. The minimum atomic E-state index is -3.53. The molecule has 1 amide bonds. The van der Waals surface area contributed by atoms with Gasteiger partial charge in [-0.3, -0.25) is 4.72 Å². The van der Waals surface area contributed by atoms with Gasteiger partial charge in [0, 0.05) is 55.3 Å². The number of nitrogens with zero attached hydrogens (tertiary/aromatic N) is 3. The van der Waals surface area contributed by atoms with Crippen LogP contribution in [0.1, 0.15) is 13.8 Å². The fraction of sp³-hybridized carbons (Fsp3) is 0.333. The Hall–Kier alpha value is -3.50. The summed E-state index contributed by atoms with van der Waals surface area (Å²) < 4.78 is 33.1. The molecule has 11 heteroatoms. The largest absolute Gasteiger partial charge is 0.497 e. The van der Waals surface area contributed by atoms with Gasteiger partial charge in [-0.15, -0.1) is 0 Å². The third-order valence-corrected chi connectivity index (χ3v) is 8.19. The summed E-state index contributed by atoms with van der Waals surface area (Å²) in [6.07, 6.45) is 0.806. The molecule has 4 rings (SSSR count). The molecule has 1 fully saturated rings. The molecule has 0 radical (unpaired) electrons. The Bertz CT molecular complexity index is 1410. The van der Waals surface area contributed by atoms with E-state index in [4.69, 9.17) is 21.4 Å². The van der Waals surface area contributed by atoms with Crippen LogP contribution in [0.4, 0.5) is 16.2 Å².